The lowest BCUT2D eigenvalue weighted by Gasteiger charge is -2.36. The molecule has 1 aliphatic carbocycles. The van der Waals surface area contributed by atoms with E-state index in [1.54, 1.807) is 0 Å². The second-order valence-electron chi connectivity index (χ2n) is 5.86. The van der Waals surface area contributed by atoms with Crippen LogP contribution in [0.3, 0.4) is 0 Å². The molecule has 1 aromatic carbocycles. The van der Waals surface area contributed by atoms with Crippen LogP contribution in [0.5, 0.6) is 0 Å². The van der Waals surface area contributed by atoms with Crippen molar-refractivity contribution in [1.82, 2.24) is 9.55 Å². The summed E-state index contributed by atoms with van der Waals surface area (Å²) in [6.45, 7) is 4.45. The van der Waals surface area contributed by atoms with E-state index in [2.05, 4.69) is 41.6 Å². The molecular weight excluding hydrogens is 222 g/mol. The number of nitrogen functional groups attached to an aromatic ring is 1. The zero-order valence-electron chi connectivity index (χ0n) is 11.2. The molecule has 1 aliphatic rings. The van der Waals surface area contributed by atoms with E-state index >= 15 is 0 Å². The van der Waals surface area contributed by atoms with Gasteiger partial charge in [-0.2, -0.15) is 0 Å². The highest BCUT2D eigenvalue weighted by Gasteiger charge is 2.31. The van der Waals surface area contributed by atoms with Crippen molar-refractivity contribution < 1.29 is 0 Å². The SMILES string of the molecule is Cc1ccc2nc(N)n(C3(C)CCCCC3)c2c1. The summed E-state index contributed by atoms with van der Waals surface area (Å²) in [6, 6.07) is 6.38. The maximum atomic E-state index is 6.17. The van der Waals surface area contributed by atoms with Gasteiger partial charge >= 0.3 is 0 Å². The topological polar surface area (TPSA) is 43.8 Å². The molecule has 3 rings (SSSR count). The number of benzene rings is 1. The molecule has 2 N–H and O–H groups in total. The molecular formula is C15H21N3. The van der Waals surface area contributed by atoms with Crippen LogP contribution in [0.4, 0.5) is 5.95 Å². The van der Waals surface area contributed by atoms with Crippen LogP contribution in [0, 0.1) is 6.92 Å². The Morgan fingerprint density at radius 1 is 1.22 bits per heavy atom. The normalized spacial score (nSPS) is 19.2. The number of hydrogen-bond donors (Lipinski definition) is 1. The number of anilines is 1. The molecule has 0 saturated heterocycles. The molecule has 0 atom stereocenters. The van der Waals surface area contributed by atoms with E-state index in [0.29, 0.717) is 5.95 Å². The summed E-state index contributed by atoms with van der Waals surface area (Å²) in [5.41, 5.74) is 9.79. The van der Waals surface area contributed by atoms with Gasteiger partial charge in [0.25, 0.3) is 0 Å². The summed E-state index contributed by atoms with van der Waals surface area (Å²) < 4.78 is 2.27. The fraction of sp³-hybridized carbons (Fsp3) is 0.533. The van der Waals surface area contributed by atoms with E-state index in [1.807, 2.05) is 0 Å². The van der Waals surface area contributed by atoms with Gasteiger partial charge in [-0.3, -0.25) is 0 Å². The van der Waals surface area contributed by atoms with Gasteiger partial charge in [0.15, 0.2) is 0 Å². The Morgan fingerprint density at radius 3 is 2.67 bits per heavy atom. The zero-order valence-corrected chi connectivity index (χ0v) is 11.2. The van der Waals surface area contributed by atoms with Gasteiger partial charge in [0.1, 0.15) is 0 Å². The summed E-state index contributed by atoms with van der Waals surface area (Å²) in [7, 11) is 0. The molecule has 0 amide bonds. The van der Waals surface area contributed by atoms with E-state index in [4.69, 9.17) is 5.73 Å². The molecule has 18 heavy (non-hydrogen) atoms. The van der Waals surface area contributed by atoms with Crippen molar-refractivity contribution in [1.29, 1.82) is 0 Å². The highest BCUT2D eigenvalue weighted by Crippen LogP contribution is 2.38. The fourth-order valence-corrected chi connectivity index (χ4v) is 3.31. The van der Waals surface area contributed by atoms with Crippen molar-refractivity contribution in [2.24, 2.45) is 0 Å². The summed E-state index contributed by atoms with van der Waals surface area (Å²) >= 11 is 0. The Kier molecular flexibility index (Phi) is 2.58. The van der Waals surface area contributed by atoms with Crippen molar-refractivity contribution >= 4 is 17.0 Å². The van der Waals surface area contributed by atoms with E-state index in [-0.39, 0.29) is 5.54 Å². The van der Waals surface area contributed by atoms with Crippen LogP contribution < -0.4 is 5.73 Å². The third-order valence-electron chi connectivity index (χ3n) is 4.31. The van der Waals surface area contributed by atoms with Gasteiger partial charge in [-0.05, 0) is 44.4 Å². The molecule has 0 radical (unpaired) electrons. The largest absolute Gasteiger partial charge is 0.369 e. The first-order valence-corrected chi connectivity index (χ1v) is 6.85. The highest BCUT2D eigenvalue weighted by molar-refractivity contribution is 5.79. The minimum Gasteiger partial charge on any atom is -0.369 e. The Balaban J connectivity index is 2.20. The van der Waals surface area contributed by atoms with Crippen LogP contribution >= 0.6 is 0 Å². The van der Waals surface area contributed by atoms with Gasteiger partial charge in [-0.25, -0.2) is 4.98 Å². The zero-order chi connectivity index (χ0) is 12.8. The summed E-state index contributed by atoms with van der Waals surface area (Å²) in [6.07, 6.45) is 6.34. The molecule has 1 heterocycles. The maximum absolute atomic E-state index is 6.17. The quantitative estimate of drug-likeness (QED) is 0.831. The molecule has 96 valence electrons. The average Bonchev–Trinajstić information content (AvgIpc) is 2.66. The third-order valence-corrected chi connectivity index (χ3v) is 4.31. The van der Waals surface area contributed by atoms with E-state index < -0.39 is 0 Å². The maximum Gasteiger partial charge on any atom is 0.201 e. The number of nitrogens with two attached hydrogens (primary N) is 1. The predicted octanol–water partition coefficient (Wildman–Crippen LogP) is 3.61. The Bertz CT molecular complexity index is 577. The Labute approximate surface area is 108 Å². The predicted molar refractivity (Wildman–Crippen MR) is 75.6 cm³/mol. The second kappa shape index (κ2) is 4.01. The smallest absolute Gasteiger partial charge is 0.201 e. The monoisotopic (exact) mass is 243 g/mol. The Morgan fingerprint density at radius 2 is 1.94 bits per heavy atom. The van der Waals surface area contributed by atoms with Crippen LogP contribution in [0.25, 0.3) is 11.0 Å². The number of imidazole rings is 1. The van der Waals surface area contributed by atoms with Crippen LogP contribution in [0.15, 0.2) is 18.2 Å². The first-order valence-electron chi connectivity index (χ1n) is 6.85. The molecule has 2 aromatic rings. The third kappa shape index (κ3) is 1.69. The first kappa shape index (κ1) is 11.6. The fourth-order valence-electron chi connectivity index (χ4n) is 3.31. The summed E-state index contributed by atoms with van der Waals surface area (Å²) in [4.78, 5) is 4.52. The number of fused-ring (bicyclic) bond motifs is 1. The van der Waals surface area contributed by atoms with Crippen molar-refractivity contribution in [2.75, 3.05) is 5.73 Å². The van der Waals surface area contributed by atoms with Crippen LogP contribution in [-0.4, -0.2) is 9.55 Å². The van der Waals surface area contributed by atoms with Gasteiger partial charge in [0.05, 0.1) is 11.0 Å². The first-order chi connectivity index (χ1) is 8.60. The standard InChI is InChI=1S/C15H21N3/c1-11-6-7-12-13(10-11)18(14(16)17-12)15(2)8-4-3-5-9-15/h6-7,10H,3-5,8-9H2,1-2H3,(H2,16,17). The summed E-state index contributed by atoms with van der Waals surface area (Å²) in [5, 5.41) is 0. The number of nitrogens with zero attached hydrogens (tertiary/aromatic N) is 2. The molecule has 1 aromatic heterocycles. The van der Waals surface area contributed by atoms with Gasteiger partial charge in [0.2, 0.25) is 5.95 Å². The van der Waals surface area contributed by atoms with E-state index in [9.17, 15) is 0 Å². The minimum atomic E-state index is 0.144. The number of aryl methyl sites for hydroxylation is 1. The van der Waals surface area contributed by atoms with Crippen LogP contribution in [0.1, 0.15) is 44.6 Å². The van der Waals surface area contributed by atoms with Gasteiger partial charge in [-0.1, -0.05) is 25.3 Å². The van der Waals surface area contributed by atoms with Gasteiger partial charge < -0.3 is 10.3 Å². The van der Waals surface area contributed by atoms with Crippen LogP contribution in [0.2, 0.25) is 0 Å². The van der Waals surface area contributed by atoms with Gasteiger partial charge in [0, 0.05) is 5.54 Å². The number of hydrogen-bond acceptors (Lipinski definition) is 2. The molecule has 1 fully saturated rings. The lowest BCUT2D eigenvalue weighted by molar-refractivity contribution is 0.228. The molecule has 1 saturated carbocycles. The van der Waals surface area contributed by atoms with Crippen LogP contribution in [-0.2, 0) is 5.54 Å². The molecule has 0 spiro atoms. The second-order valence-corrected chi connectivity index (χ2v) is 5.86. The lowest BCUT2D eigenvalue weighted by Crippen LogP contribution is -2.33. The van der Waals surface area contributed by atoms with Crippen molar-refractivity contribution in [3.05, 3.63) is 23.8 Å². The Hall–Kier alpha value is -1.51. The minimum absolute atomic E-state index is 0.144. The molecule has 3 heteroatoms. The van der Waals surface area contributed by atoms with Crippen molar-refractivity contribution in [3.63, 3.8) is 0 Å². The number of rotatable bonds is 1. The molecule has 0 aliphatic heterocycles. The number of aromatic nitrogens is 2. The van der Waals surface area contributed by atoms with Crippen molar-refractivity contribution in [3.8, 4) is 0 Å². The summed E-state index contributed by atoms with van der Waals surface area (Å²) in [5.74, 6) is 0.667. The lowest BCUT2D eigenvalue weighted by atomic mass is 9.83. The molecule has 0 bridgehead atoms. The average molecular weight is 243 g/mol. The van der Waals surface area contributed by atoms with Crippen molar-refractivity contribution in [2.45, 2.75) is 51.5 Å². The molecule has 3 nitrogen and oxygen atoms in total. The van der Waals surface area contributed by atoms with Gasteiger partial charge in [-0.15, -0.1) is 0 Å². The molecule has 0 unspecified atom stereocenters. The highest BCUT2D eigenvalue weighted by atomic mass is 15.2. The van der Waals surface area contributed by atoms with E-state index in [0.717, 1.165) is 5.52 Å². The van der Waals surface area contributed by atoms with E-state index in [1.165, 1.54) is 43.2 Å².